The number of hydrazone groups is 1. The van der Waals surface area contributed by atoms with Gasteiger partial charge in [0.25, 0.3) is 11.5 Å². The highest BCUT2D eigenvalue weighted by Crippen LogP contribution is 2.16. The van der Waals surface area contributed by atoms with Gasteiger partial charge >= 0.3 is 0 Å². The van der Waals surface area contributed by atoms with Gasteiger partial charge in [-0.15, -0.1) is 0 Å². The van der Waals surface area contributed by atoms with Gasteiger partial charge in [0, 0.05) is 18.5 Å². The van der Waals surface area contributed by atoms with Crippen molar-refractivity contribution in [3.63, 3.8) is 0 Å². The van der Waals surface area contributed by atoms with E-state index < -0.39 is 17.5 Å². The van der Waals surface area contributed by atoms with Gasteiger partial charge in [-0.1, -0.05) is 6.07 Å². The lowest BCUT2D eigenvalue weighted by Crippen LogP contribution is -2.22. The topological polar surface area (TPSA) is 76.3 Å². The lowest BCUT2D eigenvalue weighted by Gasteiger charge is -2.06. The van der Waals surface area contributed by atoms with E-state index in [0.29, 0.717) is 28.6 Å². The fraction of sp³-hybridized carbons (Fsp3) is 0.158. The van der Waals surface area contributed by atoms with Crippen LogP contribution in [-0.2, 0) is 13.0 Å². The van der Waals surface area contributed by atoms with E-state index >= 15 is 0 Å². The molecule has 0 radical (unpaired) electrons. The smallest absolute Gasteiger partial charge is 0.271 e. The molecule has 6 nitrogen and oxygen atoms in total. The number of hydrogen-bond acceptors (Lipinski definition) is 4. The first kappa shape index (κ1) is 17.0. The van der Waals surface area contributed by atoms with Crippen LogP contribution in [0.1, 0.15) is 28.2 Å². The van der Waals surface area contributed by atoms with Gasteiger partial charge in [0.1, 0.15) is 5.82 Å². The Balaban J connectivity index is 1.56. The van der Waals surface area contributed by atoms with E-state index in [4.69, 9.17) is 0 Å². The monoisotopic (exact) mass is 368 g/mol. The van der Waals surface area contributed by atoms with Gasteiger partial charge in [-0.25, -0.2) is 19.2 Å². The fourth-order valence-electron chi connectivity index (χ4n) is 3.05. The van der Waals surface area contributed by atoms with Crippen LogP contribution in [0.25, 0.3) is 10.9 Å². The van der Waals surface area contributed by atoms with Crippen molar-refractivity contribution in [2.45, 2.75) is 19.4 Å². The van der Waals surface area contributed by atoms with Crippen LogP contribution in [0.15, 0.2) is 46.3 Å². The van der Waals surface area contributed by atoms with Crippen molar-refractivity contribution < 1.29 is 13.6 Å². The van der Waals surface area contributed by atoms with Gasteiger partial charge in [-0.05, 0) is 42.3 Å². The molecule has 0 unspecified atom stereocenters. The predicted molar refractivity (Wildman–Crippen MR) is 95.7 cm³/mol. The number of carbonyl (C=O) groups is 1. The van der Waals surface area contributed by atoms with Gasteiger partial charge in [-0.2, -0.15) is 5.10 Å². The number of nitrogens with zero attached hydrogens (tertiary/aromatic N) is 3. The molecule has 1 N–H and O–H groups in total. The molecule has 1 aromatic heterocycles. The second-order valence-electron chi connectivity index (χ2n) is 6.19. The molecule has 27 heavy (non-hydrogen) atoms. The van der Waals surface area contributed by atoms with Gasteiger partial charge in [0.15, 0.2) is 11.6 Å². The molecule has 0 aliphatic carbocycles. The average Bonchev–Trinajstić information content (AvgIpc) is 3.13. The largest absolute Gasteiger partial charge is 0.296 e. The average molecular weight is 368 g/mol. The molecule has 3 aromatic rings. The zero-order valence-corrected chi connectivity index (χ0v) is 14.1. The Bertz CT molecular complexity index is 1150. The molecule has 2 heterocycles. The molecule has 8 heteroatoms. The third kappa shape index (κ3) is 3.21. The maximum Gasteiger partial charge on any atom is 0.271 e. The van der Waals surface area contributed by atoms with Crippen LogP contribution in [0, 0.1) is 11.6 Å². The molecule has 136 valence electrons. The fourth-order valence-corrected chi connectivity index (χ4v) is 3.05. The first-order chi connectivity index (χ1) is 13.0. The predicted octanol–water partition coefficient (Wildman–Crippen LogP) is 2.38. The van der Waals surface area contributed by atoms with Crippen molar-refractivity contribution in [2.24, 2.45) is 5.10 Å². The summed E-state index contributed by atoms with van der Waals surface area (Å²) >= 11 is 0. The number of amides is 1. The molecule has 2 aromatic carbocycles. The van der Waals surface area contributed by atoms with E-state index in [0.717, 1.165) is 30.8 Å². The molecule has 1 aliphatic heterocycles. The molecule has 1 aliphatic rings. The van der Waals surface area contributed by atoms with E-state index in [2.05, 4.69) is 15.5 Å². The second kappa shape index (κ2) is 6.71. The summed E-state index contributed by atoms with van der Waals surface area (Å²) < 4.78 is 27.7. The van der Waals surface area contributed by atoms with Crippen LogP contribution in [0.2, 0.25) is 0 Å². The van der Waals surface area contributed by atoms with Crippen molar-refractivity contribution >= 4 is 23.0 Å². The number of fused-ring (bicyclic) bond motifs is 2. The lowest BCUT2D eigenvalue weighted by molar-refractivity contribution is 0.0955. The van der Waals surface area contributed by atoms with Crippen molar-refractivity contribution in [1.82, 2.24) is 15.0 Å². The van der Waals surface area contributed by atoms with Crippen LogP contribution in [0.4, 0.5) is 8.78 Å². The molecule has 0 atom stereocenters. The number of nitrogens with one attached hydrogen (secondary N) is 1. The van der Waals surface area contributed by atoms with Crippen LogP contribution >= 0.6 is 0 Å². The number of aromatic nitrogens is 2. The normalized spacial score (nSPS) is 13.3. The summed E-state index contributed by atoms with van der Waals surface area (Å²) in [7, 11) is 0. The van der Waals surface area contributed by atoms with Crippen LogP contribution < -0.4 is 11.0 Å². The van der Waals surface area contributed by atoms with Gasteiger partial charge in [0.2, 0.25) is 0 Å². The van der Waals surface area contributed by atoms with E-state index in [9.17, 15) is 18.4 Å². The SMILES string of the molecule is O=C(N/N=C\c1ccc(F)c(F)c1)c1ccc2c(=O)n3c(nc2c1)CCC3. The Hall–Kier alpha value is -3.42. The van der Waals surface area contributed by atoms with E-state index in [1.165, 1.54) is 24.4 Å². The summed E-state index contributed by atoms with van der Waals surface area (Å²) in [6.07, 6.45) is 2.82. The Morgan fingerprint density at radius 3 is 2.85 bits per heavy atom. The molecule has 0 saturated heterocycles. The minimum Gasteiger partial charge on any atom is -0.296 e. The van der Waals surface area contributed by atoms with Gasteiger partial charge in [-0.3, -0.25) is 14.2 Å². The number of halogens is 2. The molecule has 4 rings (SSSR count). The second-order valence-corrected chi connectivity index (χ2v) is 6.19. The number of rotatable bonds is 3. The Labute approximate surface area is 152 Å². The van der Waals surface area contributed by atoms with Crippen molar-refractivity contribution in [1.29, 1.82) is 0 Å². The first-order valence-corrected chi connectivity index (χ1v) is 8.35. The lowest BCUT2D eigenvalue weighted by atomic mass is 10.1. The molecule has 1 amide bonds. The zero-order valence-electron chi connectivity index (χ0n) is 14.1. The van der Waals surface area contributed by atoms with Crippen LogP contribution in [0.5, 0.6) is 0 Å². The Kier molecular flexibility index (Phi) is 4.23. The Morgan fingerprint density at radius 1 is 1.19 bits per heavy atom. The highest BCUT2D eigenvalue weighted by molar-refractivity contribution is 5.98. The summed E-state index contributed by atoms with van der Waals surface area (Å²) in [6, 6.07) is 7.92. The first-order valence-electron chi connectivity index (χ1n) is 8.35. The van der Waals surface area contributed by atoms with Crippen LogP contribution in [0.3, 0.4) is 0 Å². The summed E-state index contributed by atoms with van der Waals surface area (Å²) in [5.41, 5.74) is 3.27. The summed E-state index contributed by atoms with van der Waals surface area (Å²) in [5.74, 6) is -1.73. The highest BCUT2D eigenvalue weighted by atomic mass is 19.2. The zero-order chi connectivity index (χ0) is 19.0. The molecule has 0 spiro atoms. The molecule has 0 saturated carbocycles. The minimum atomic E-state index is -0.996. The Morgan fingerprint density at radius 2 is 2.04 bits per heavy atom. The molecular formula is C19H14F2N4O2. The summed E-state index contributed by atoms with van der Waals surface area (Å²) in [5, 5.41) is 4.20. The van der Waals surface area contributed by atoms with Gasteiger partial charge < -0.3 is 0 Å². The maximum absolute atomic E-state index is 13.1. The summed E-state index contributed by atoms with van der Waals surface area (Å²) in [4.78, 5) is 29.1. The quantitative estimate of drug-likeness (QED) is 0.570. The van der Waals surface area contributed by atoms with Gasteiger partial charge in [0.05, 0.1) is 17.1 Å². The van der Waals surface area contributed by atoms with E-state index in [-0.39, 0.29) is 5.56 Å². The summed E-state index contributed by atoms with van der Waals surface area (Å²) in [6.45, 7) is 0.665. The van der Waals surface area contributed by atoms with Crippen molar-refractivity contribution in [3.05, 3.63) is 75.3 Å². The standard InChI is InChI=1S/C19H14F2N4O2/c20-14-6-3-11(8-15(14)21)10-22-24-18(26)12-4-5-13-16(9-12)23-17-2-1-7-25(17)19(13)27/h3-6,8-10H,1-2,7H2,(H,24,26)/b22-10-. The molecule has 0 bridgehead atoms. The third-order valence-electron chi connectivity index (χ3n) is 4.40. The molecule has 0 fully saturated rings. The van der Waals surface area contributed by atoms with Crippen LogP contribution in [-0.4, -0.2) is 21.7 Å². The third-order valence-corrected chi connectivity index (χ3v) is 4.40. The maximum atomic E-state index is 13.1. The number of benzene rings is 2. The number of carbonyl (C=O) groups excluding carboxylic acids is 1. The number of aryl methyl sites for hydroxylation is 1. The highest BCUT2D eigenvalue weighted by Gasteiger charge is 2.17. The molecular weight excluding hydrogens is 354 g/mol. The van der Waals surface area contributed by atoms with Crippen molar-refractivity contribution in [3.8, 4) is 0 Å². The van der Waals surface area contributed by atoms with E-state index in [1.807, 2.05) is 0 Å². The minimum absolute atomic E-state index is 0.101. The number of hydrogen-bond donors (Lipinski definition) is 1. The van der Waals surface area contributed by atoms with Crippen molar-refractivity contribution in [2.75, 3.05) is 0 Å². The van der Waals surface area contributed by atoms with E-state index in [1.54, 1.807) is 10.6 Å².